The zero-order chi connectivity index (χ0) is 15.9. The molecule has 5 heteroatoms. The second kappa shape index (κ2) is 8.61. The molecule has 0 aliphatic heterocycles. The lowest BCUT2D eigenvalue weighted by molar-refractivity contribution is 0.207. The van der Waals surface area contributed by atoms with Crippen molar-refractivity contribution in [2.24, 2.45) is 5.41 Å². The summed E-state index contributed by atoms with van der Waals surface area (Å²) < 4.78 is 11.9. The Labute approximate surface area is 136 Å². The molecule has 0 saturated carbocycles. The van der Waals surface area contributed by atoms with Gasteiger partial charge in [-0.1, -0.05) is 13.8 Å². The van der Waals surface area contributed by atoms with Gasteiger partial charge in [-0.25, -0.2) is 0 Å². The van der Waals surface area contributed by atoms with Crippen LogP contribution in [0, 0.1) is 5.41 Å². The molecule has 0 spiro atoms. The lowest BCUT2D eigenvalue weighted by Gasteiger charge is -2.24. The Hall–Kier alpha value is -0.780. The first kappa shape index (κ1) is 18.3. The summed E-state index contributed by atoms with van der Waals surface area (Å²) in [7, 11) is 1.64. The van der Waals surface area contributed by atoms with Gasteiger partial charge in [0.15, 0.2) is 11.5 Å². The summed E-state index contributed by atoms with van der Waals surface area (Å²) in [6.45, 7) is 8.65. The monoisotopic (exact) mass is 359 g/mol. The Morgan fingerprint density at radius 2 is 2.05 bits per heavy atom. The predicted octanol–water partition coefficient (Wildman–Crippen LogP) is 3.35. The summed E-state index contributed by atoms with van der Waals surface area (Å²) in [4.78, 5) is 0. The van der Waals surface area contributed by atoms with Crippen LogP contribution in [0.1, 0.15) is 32.8 Å². The average Bonchev–Trinajstić information content (AvgIpc) is 2.41. The van der Waals surface area contributed by atoms with Crippen LogP contribution in [0.2, 0.25) is 0 Å². The number of ether oxygens (including phenoxy) is 2. The van der Waals surface area contributed by atoms with Crippen molar-refractivity contribution in [2.75, 3.05) is 26.9 Å². The van der Waals surface area contributed by atoms with Gasteiger partial charge in [-0.2, -0.15) is 0 Å². The number of aliphatic hydroxyl groups is 1. The number of hydrogen-bond donors (Lipinski definition) is 2. The minimum atomic E-state index is 0.0847. The first-order chi connectivity index (χ1) is 9.93. The number of halogens is 1. The maximum absolute atomic E-state index is 9.04. The SMILES string of the molecule is CCOc1c(Br)cc(CNCC(C)(C)CCO)cc1OC. The van der Waals surface area contributed by atoms with Crippen molar-refractivity contribution in [1.82, 2.24) is 5.32 Å². The number of rotatable bonds is 9. The van der Waals surface area contributed by atoms with E-state index in [1.807, 2.05) is 19.1 Å². The Morgan fingerprint density at radius 1 is 1.33 bits per heavy atom. The number of hydrogen-bond acceptors (Lipinski definition) is 4. The minimum absolute atomic E-state index is 0.0847. The van der Waals surface area contributed by atoms with Crippen LogP contribution in [-0.4, -0.2) is 32.0 Å². The van der Waals surface area contributed by atoms with Gasteiger partial charge in [-0.15, -0.1) is 0 Å². The summed E-state index contributed by atoms with van der Waals surface area (Å²) in [5.41, 5.74) is 1.21. The van der Waals surface area contributed by atoms with E-state index in [2.05, 4.69) is 35.1 Å². The highest BCUT2D eigenvalue weighted by atomic mass is 79.9. The topological polar surface area (TPSA) is 50.7 Å². The molecule has 1 aromatic rings. The normalized spacial score (nSPS) is 11.5. The van der Waals surface area contributed by atoms with E-state index in [4.69, 9.17) is 14.6 Å². The highest BCUT2D eigenvalue weighted by Gasteiger charge is 2.17. The first-order valence-electron chi connectivity index (χ1n) is 7.24. The standard InChI is InChI=1S/C16H26BrNO3/c1-5-21-15-13(17)8-12(9-14(15)20-4)10-18-11-16(2,3)6-7-19/h8-9,18-19H,5-7,10-11H2,1-4H3. The molecule has 1 rings (SSSR count). The van der Waals surface area contributed by atoms with Gasteiger partial charge >= 0.3 is 0 Å². The zero-order valence-corrected chi connectivity index (χ0v) is 14.9. The molecule has 0 unspecified atom stereocenters. The highest BCUT2D eigenvalue weighted by molar-refractivity contribution is 9.10. The molecule has 0 bridgehead atoms. The Bertz CT molecular complexity index is 449. The lowest BCUT2D eigenvalue weighted by Crippen LogP contribution is -2.29. The molecule has 0 aliphatic rings. The fourth-order valence-corrected chi connectivity index (χ4v) is 2.70. The van der Waals surface area contributed by atoms with Crippen LogP contribution >= 0.6 is 15.9 Å². The third-order valence-corrected chi connectivity index (χ3v) is 3.89. The van der Waals surface area contributed by atoms with E-state index in [0.29, 0.717) is 6.61 Å². The Kier molecular flexibility index (Phi) is 7.49. The molecule has 0 heterocycles. The molecular weight excluding hydrogens is 334 g/mol. The van der Waals surface area contributed by atoms with Gasteiger partial charge in [0, 0.05) is 19.7 Å². The molecule has 0 fully saturated rings. The van der Waals surface area contributed by atoms with Crippen LogP contribution in [0.5, 0.6) is 11.5 Å². The molecule has 0 amide bonds. The first-order valence-corrected chi connectivity index (χ1v) is 8.03. The summed E-state index contributed by atoms with van der Waals surface area (Å²) in [5.74, 6) is 1.47. The fraction of sp³-hybridized carbons (Fsp3) is 0.625. The maximum atomic E-state index is 9.04. The van der Waals surface area contributed by atoms with E-state index in [9.17, 15) is 0 Å². The molecule has 0 radical (unpaired) electrons. The third-order valence-electron chi connectivity index (χ3n) is 3.30. The van der Waals surface area contributed by atoms with Gasteiger partial charge in [-0.05, 0) is 52.4 Å². The van der Waals surface area contributed by atoms with E-state index in [1.54, 1.807) is 7.11 Å². The van der Waals surface area contributed by atoms with Crippen molar-refractivity contribution in [3.8, 4) is 11.5 Å². The second-order valence-corrected chi connectivity index (χ2v) is 6.64. The lowest BCUT2D eigenvalue weighted by atomic mass is 9.90. The third kappa shape index (κ3) is 5.85. The van der Waals surface area contributed by atoms with Gasteiger partial charge in [-0.3, -0.25) is 0 Å². The summed E-state index contributed by atoms with van der Waals surface area (Å²) in [6, 6.07) is 4.03. The van der Waals surface area contributed by atoms with Crippen LogP contribution in [0.25, 0.3) is 0 Å². The highest BCUT2D eigenvalue weighted by Crippen LogP contribution is 2.36. The number of nitrogens with one attached hydrogen (secondary N) is 1. The van der Waals surface area contributed by atoms with Crippen molar-refractivity contribution in [3.63, 3.8) is 0 Å². The van der Waals surface area contributed by atoms with Crippen LogP contribution < -0.4 is 14.8 Å². The van der Waals surface area contributed by atoms with Gasteiger partial charge in [0.25, 0.3) is 0 Å². The van der Waals surface area contributed by atoms with E-state index in [1.165, 1.54) is 0 Å². The second-order valence-electron chi connectivity index (χ2n) is 5.78. The van der Waals surface area contributed by atoms with Gasteiger partial charge in [0.05, 0.1) is 18.2 Å². The molecule has 0 aromatic heterocycles. The molecule has 1 aromatic carbocycles. The van der Waals surface area contributed by atoms with E-state index in [0.717, 1.165) is 41.0 Å². The number of benzene rings is 1. The molecular formula is C16H26BrNO3. The summed E-state index contributed by atoms with van der Waals surface area (Å²) >= 11 is 3.53. The largest absolute Gasteiger partial charge is 0.493 e. The van der Waals surface area contributed by atoms with Crippen molar-refractivity contribution in [1.29, 1.82) is 0 Å². The van der Waals surface area contributed by atoms with Crippen molar-refractivity contribution < 1.29 is 14.6 Å². The molecule has 2 N–H and O–H groups in total. The molecule has 0 aliphatic carbocycles. The molecule has 0 saturated heterocycles. The van der Waals surface area contributed by atoms with Gasteiger partial charge in [0.1, 0.15) is 0 Å². The van der Waals surface area contributed by atoms with Gasteiger partial charge in [0.2, 0.25) is 0 Å². The van der Waals surface area contributed by atoms with Crippen LogP contribution in [0.15, 0.2) is 16.6 Å². The van der Waals surface area contributed by atoms with Crippen LogP contribution in [-0.2, 0) is 6.54 Å². The fourth-order valence-electron chi connectivity index (χ4n) is 2.10. The molecule has 4 nitrogen and oxygen atoms in total. The Balaban J connectivity index is 2.70. The quantitative estimate of drug-likeness (QED) is 0.709. The van der Waals surface area contributed by atoms with Crippen molar-refractivity contribution >= 4 is 15.9 Å². The molecule has 0 atom stereocenters. The predicted molar refractivity (Wildman–Crippen MR) is 89.1 cm³/mol. The van der Waals surface area contributed by atoms with E-state index in [-0.39, 0.29) is 12.0 Å². The van der Waals surface area contributed by atoms with Crippen molar-refractivity contribution in [2.45, 2.75) is 33.7 Å². The maximum Gasteiger partial charge on any atom is 0.175 e. The summed E-state index contributed by atoms with van der Waals surface area (Å²) in [5, 5.41) is 12.5. The molecule has 120 valence electrons. The van der Waals surface area contributed by atoms with Gasteiger partial charge < -0.3 is 19.9 Å². The zero-order valence-electron chi connectivity index (χ0n) is 13.3. The molecule has 21 heavy (non-hydrogen) atoms. The number of aliphatic hydroxyl groups excluding tert-OH is 1. The minimum Gasteiger partial charge on any atom is -0.493 e. The van der Waals surface area contributed by atoms with Crippen LogP contribution in [0.3, 0.4) is 0 Å². The Morgan fingerprint density at radius 3 is 2.62 bits per heavy atom. The smallest absolute Gasteiger partial charge is 0.175 e. The summed E-state index contributed by atoms with van der Waals surface area (Å²) in [6.07, 6.45) is 0.788. The average molecular weight is 360 g/mol. The number of methoxy groups -OCH3 is 1. The van der Waals surface area contributed by atoms with E-state index >= 15 is 0 Å². The van der Waals surface area contributed by atoms with Crippen LogP contribution in [0.4, 0.5) is 0 Å². The van der Waals surface area contributed by atoms with Crippen molar-refractivity contribution in [3.05, 3.63) is 22.2 Å². The van der Waals surface area contributed by atoms with E-state index < -0.39 is 0 Å².